The molecule has 0 unspecified atom stereocenters. The summed E-state index contributed by atoms with van der Waals surface area (Å²) in [6.07, 6.45) is 5.65. The topological polar surface area (TPSA) is 24.7 Å². The molecule has 0 aromatic carbocycles. The Bertz CT molecular complexity index is 186. The minimum Gasteiger partial charge on any atom is -0.155 e. The summed E-state index contributed by atoms with van der Waals surface area (Å²) in [6.45, 7) is 0. The van der Waals surface area contributed by atoms with Crippen molar-refractivity contribution in [2.24, 2.45) is 8.36 Å². The summed E-state index contributed by atoms with van der Waals surface area (Å²) in [7, 11) is 0. The zero-order valence-corrected chi connectivity index (χ0v) is 6.74. The first kappa shape index (κ1) is 5.94. The number of halogens is 1. The number of rotatable bonds is 0. The average molecular weight is 222 g/mol. The van der Waals surface area contributed by atoms with Crippen molar-refractivity contribution in [2.75, 3.05) is 4.93 Å². The molecule has 1 heterocycles. The number of allylic oxidation sites excluding steroid dienone is 2. The number of nitrogens with zero attached hydrogens (tertiary/aromatic N) is 2. The molecular weight excluding hydrogens is 215 g/mol. The van der Waals surface area contributed by atoms with E-state index in [0.717, 1.165) is 0 Å². The van der Waals surface area contributed by atoms with Gasteiger partial charge in [0.2, 0.25) is 0 Å². The van der Waals surface area contributed by atoms with Crippen LogP contribution in [-0.2, 0) is 0 Å². The lowest BCUT2D eigenvalue weighted by Crippen LogP contribution is -1.57. The second-order valence-corrected chi connectivity index (χ2v) is 5.25. The fourth-order valence-corrected chi connectivity index (χ4v) is 1.88. The summed E-state index contributed by atoms with van der Waals surface area (Å²) in [5.74, 6) is 0. The van der Waals surface area contributed by atoms with Crippen LogP contribution in [0.25, 0.3) is 0 Å². The molecule has 0 saturated heterocycles. The van der Waals surface area contributed by atoms with Crippen molar-refractivity contribution in [3.8, 4) is 0 Å². The summed E-state index contributed by atoms with van der Waals surface area (Å²) >= 11 is -1.07. The van der Waals surface area contributed by atoms with Crippen LogP contribution in [0.3, 0.4) is 0 Å². The van der Waals surface area contributed by atoms with E-state index in [9.17, 15) is 0 Å². The van der Waals surface area contributed by atoms with Gasteiger partial charge in [0.05, 0.1) is 0 Å². The van der Waals surface area contributed by atoms with E-state index in [-0.39, 0.29) is 0 Å². The van der Waals surface area contributed by atoms with Crippen LogP contribution in [0, 0.1) is 0 Å². The molecule has 0 spiro atoms. The van der Waals surface area contributed by atoms with E-state index >= 15 is 0 Å². The molecule has 1 aliphatic heterocycles. The standard InChI is InChI=1S/C5H7IN2/c1-6-4-2-3-5-7-8-6/h2-5H,1H3. The third-order valence-corrected chi connectivity index (χ3v) is 3.07. The maximum Gasteiger partial charge on any atom is 0.0500 e. The molecule has 0 radical (unpaired) electrons. The van der Waals surface area contributed by atoms with E-state index in [4.69, 9.17) is 0 Å². The number of hydrogen-bond donors (Lipinski definition) is 0. The fraction of sp³-hybridized carbons (Fsp3) is 0.200. The van der Waals surface area contributed by atoms with E-state index < -0.39 is 19.2 Å². The Hall–Kier alpha value is -0.190. The zero-order chi connectivity index (χ0) is 5.82. The molecule has 0 aromatic rings. The van der Waals surface area contributed by atoms with Crippen molar-refractivity contribution >= 4 is 29.4 Å². The number of hydrogen-bond acceptors (Lipinski definition) is 2. The quantitative estimate of drug-likeness (QED) is 0.440. The Balaban J connectivity index is 2.98. The van der Waals surface area contributed by atoms with Gasteiger partial charge in [-0.1, -0.05) is 6.08 Å². The molecule has 0 aromatic heterocycles. The van der Waals surface area contributed by atoms with Crippen molar-refractivity contribution < 1.29 is 0 Å². The summed E-state index contributed by atoms with van der Waals surface area (Å²) in [4.78, 5) is 2.15. The van der Waals surface area contributed by atoms with Crippen LogP contribution < -0.4 is 0 Å². The fourth-order valence-electron chi connectivity index (χ4n) is 0.355. The molecule has 0 atom stereocenters. The lowest BCUT2D eigenvalue weighted by Gasteiger charge is -1.71. The minimum atomic E-state index is -1.07. The van der Waals surface area contributed by atoms with Crippen LogP contribution in [0.4, 0.5) is 0 Å². The smallest absolute Gasteiger partial charge is 0.0500 e. The van der Waals surface area contributed by atoms with E-state index in [1.54, 1.807) is 6.21 Å². The van der Waals surface area contributed by atoms with Crippen LogP contribution in [0.5, 0.6) is 0 Å². The first-order valence-corrected chi connectivity index (χ1v) is 6.59. The van der Waals surface area contributed by atoms with Crippen molar-refractivity contribution in [3.63, 3.8) is 0 Å². The van der Waals surface area contributed by atoms with E-state index in [2.05, 4.69) is 17.3 Å². The Morgan fingerprint density at radius 3 is 3.12 bits per heavy atom. The molecule has 44 valence electrons. The van der Waals surface area contributed by atoms with Gasteiger partial charge in [-0.05, 0) is 34.2 Å². The third kappa shape index (κ3) is 1.73. The maximum atomic E-state index is 4.03. The molecule has 0 N–H and O–H groups in total. The minimum absolute atomic E-state index is 1.07. The molecule has 0 aliphatic carbocycles. The van der Waals surface area contributed by atoms with E-state index in [1.807, 2.05) is 12.2 Å². The molecule has 0 fully saturated rings. The van der Waals surface area contributed by atoms with Crippen molar-refractivity contribution in [1.82, 2.24) is 0 Å². The molecule has 8 heavy (non-hydrogen) atoms. The Labute approximate surface area is 55.1 Å². The Morgan fingerprint density at radius 1 is 1.38 bits per heavy atom. The van der Waals surface area contributed by atoms with Crippen molar-refractivity contribution in [2.45, 2.75) is 0 Å². The van der Waals surface area contributed by atoms with Crippen LogP contribution >= 0.6 is 19.2 Å². The van der Waals surface area contributed by atoms with Gasteiger partial charge in [-0.3, -0.25) is 0 Å². The normalized spacial score (nSPS) is 19.1. The van der Waals surface area contributed by atoms with Crippen molar-refractivity contribution in [1.29, 1.82) is 0 Å². The van der Waals surface area contributed by atoms with Gasteiger partial charge in [-0.15, -0.1) is 3.25 Å². The SMILES string of the molecule is CI1=CC=CC=NN=1. The predicted molar refractivity (Wildman–Crippen MR) is 46.1 cm³/mol. The first-order chi connectivity index (χ1) is 3.89. The van der Waals surface area contributed by atoms with Crippen LogP contribution in [-0.4, -0.2) is 15.2 Å². The highest BCUT2D eigenvalue weighted by molar-refractivity contribution is 14.2. The average Bonchev–Trinajstić information content (AvgIpc) is 1.94. The highest BCUT2D eigenvalue weighted by atomic mass is 127. The molecular formula is C5H7IN2. The van der Waals surface area contributed by atoms with Gasteiger partial charge < -0.3 is 0 Å². The lowest BCUT2D eigenvalue weighted by molar-refractivity contribution is 1.33. The molecule has 1 rings (SSSR count). The number of alkyl halides is 1. The highest BCUT2D eigenvalue weighted by Crippen LogP contribution is 2.06. The van der Waals surface area contributed by atoms with Gasteiger partial charge in [0.25, 0.3) is 0 Å². The van der Waals surface area contributed by atoms with Gasteiger partial charge >= 0.3 is 0 Å². The van der Waals surface area contributed by atoms with Gasteiger partial charge in [-0.2, -0.15) is 5.10 Å². The van der Waals surface area contributed by atoms with Gasteiger partial charge in [0.1, 0.15) is 0 Å². The second-order valence-electron chi connectivity index (χ2n) is 1.34. The maximum absolute atomic E-state index is 4.03. The molecule has 3 heteroatoms. The lowest BCUT2D eigenvalue weighted by atomic mass is 10.6. The summed E-state index contributed by atoms with van der Waals surface area (Å²) in [5, 5.41) is 3.80. The van der Waals surface area contributed by atoms with Crippen LogP contribution in [0.2, 0.25) is 0 Å². The summed E-state index contributed by atoms with van der Waals surface area (Å²) in [5.41, 5.74) is 0. The Kier molecular flexibility index (Phi) is 2.20. The van der Waals surface area contributed by atoms with Gasteiger partial charge in [0.15, 0.2) is 0 Å². The van der Waals surface area contributed by atoms with Gasteiger partial charge in [-0.25, -0.2) is 0 Å². The molecule has 1 aliphatic rings. The molecule has 0 saturated carbocycles. The Morgan fingerprint density at radius 2 is 2.25 bits per heavy atom. The highest BCUT2D eigenvalue weighted by Gasteiger charge is 1.71. The van der Waals surface area contributed by atoms with E-state index in [1.165, 1.54) is 0 Å². The van der Waals surface area contributed by atoms with Crippen molar-refractivity contribution in [3.05, 3.63) is 12.2 Å². The molecule has 2 nitrogen and oxygen atoms in total. The molecule has 0 bridgehead atoms. The first-order valence-electron chi connectivity index (χ1n) is 2.22. The summed E-state index contributed by atoms with van der Waals surface area (Å²) in [6, 6.07) is 0. The van der Waals surface area contributed by atoms with E-state index in [0.29, 0.717) is 0 Å². The largest absolute Gasteiger partial charge is 0.155 e. The van der Waals surface area contributed by atoms with Crippen LogP contribution in [0.15, 0.2) is 20.5 Å². The third-order valence-electron chi connectivity index (χ3n) is 0.682. The monoisotopic (exact) mass is 222 g/mol. The zero-order valence-electron chi connectivity index (χ0n) is 4.58. The summed E-state index contributed by atoms with van der Waals surface area (Å²) < 4.78 is 6.18. The second kappa shape index (κ2) is 2.96. The van der Waals surface area contributed by atoms with Crippen LogP contribution in [0.1, 0.15) is 0 Å². The molecule has 0 amide bonds. The predicted octanol–water partition coefficient (Wildman–Crippen LogP) is 1.66. The van der Waals surface area contributed by atoms with Gasteiger partial charge in [0, 0.05) is 6.21 Å².